The highest BCUT2D eigenvalue weighted by atomic mass is 35.5. The van der Waals surface area contributed by atoms with Gasteiger partial charge >= 0.3 is 0 Å². The number of H-pyrrole nitrogens is 1. The van der Waals surface area contributed by atoms with E-state index in [0.29, 0.717) is 9.90 Å². The van der Waals surface area contributed by atoms with Crippen molar-refractivity contribution < 1.29 is 4.79 Å². The third kappa shape index (κ3) is 2.59. The molecule has 20 heavy (non-hydrogen) atoms. The molecule has 100 valence electrons. The Hall–Kier alpha value is -2.11. The summed E-state index contributed by atoms with van der Waals surface area (Å²) < 4.78 is 0.689. The highest BCUT2D eigenvalue weighted by molar-refractivity contribution is 7.17. The lowest BCUT2D eigenvalue weighted by Gasteiger charge is -1.97. The number of nitrogens with one attached hydrogen (secondary N) is 2. The SMILES string of the molecule is O=C(N/N=C/c1ccc(Cl)s1)c1c[nH]c2ccccc12. The molecule has 0 aliphatic carbocycles. The Morgan fingerprint density at radius 2 is 2.15 bits per heavy atom. The number of aromatic nitrogens is 1. The number of para-hydroxylation sites is 1. The molecule has 0 bridgehead atoms. The van der Waals surface area contributed by atoms with Crippen molar-refractivity contribution in [2.24, 2.45) is 5.10 Å². The molecular weight excluding hydrogens is 294 g/mol. The van der Waals surface area contributed by atoms with E-state index in [9.17, 15) is 4.79 Å². The minimum atomic E-state index is -0.249. The summed E-state index contributed by atoms with van der Waals surface area (Å²) in [4.78, 5) is 16.0. The number of hydrazone groups is 1. The Labute approximate surface area is 124 Å². The maximum atomic E-state index is 12.0. The van der Waals surface area contributed by atoms with Crippen molar-refractivity contribution in [3.63, 3.8) is 0 Å². The molecule has 1 aromatic carbocycles. The topological polar surface area (TPSA) is 57.2 Å². The predicted octanol–water partition coefficient (Wildman–Crippen LogP) is 3.65. The van der Waals surface area contributed by atoms with Crippen LogP contribution >= 0.6 is 22.9 Å². The molecule has 0 aliphatic heterocycles. The third-order valence-corrected chi connectivity index (χ3v) is 3.95. The Bertz CT molecular complexity index is 790. The average Bonchev–Trinajstić information content (AvgIpc) is 3.05. The molecule has 0 fully saturated rings. The normalized spacial score (nSPS) is 11.2. The van der Waals surface area contributed by atoms with Gasteiger partial charge in [0.05, 0.1) is 16.1 Å². The van der Waals surface area contributed by atoms with Gasteiger partial charge in [0.1, 0.15) is 0 Å². The Balaban J connectivity index is 1.75. The van der Waals surface area contributed by atoms with Gasteiger partial charge in [0.15, 0.2) is 0 Å². The molecule has 6 heteroatoms. The maximum Gasteiger partial charge on any atom is 0.273 e. The lowest BCUT2D eigenvalue weighted by molar-refractivity contribution is 0.0957. The van der Waals surface area contributed by atoms with E-state index in [1.54, 1.807) is 18.5 Å². The minimum Gasteiger partial charge on any atom is -0.360 e. The van der Waals surface area contributed by atoms with Crippen molar-refractivity contribution in [1.82, 2.24) is 10.4 Å². The maximum absolute atomic E-state index is 12.0. The van der Waals surface area contributed by atoms with Gasteiger partial charge in [-0.25, -0.2) is 5.43 Å². The summed E-state index contributed by atoms with van der Waals surface area (Å²) in [5, 5.41) is 4.81. The van der Waals surface area contributed by atoms with Gasteiger partial charge in [-0.3, -0.25) is 4.79 Å². The molecule has 2 aromatic heterocycles. The van der Waals surface area contributed by atoms with Gasteiger partial charge in [-0.15, -0.1) is 11.3 Å². The number of halogens is 1. The van der Waals surface area contributed by atoms with Gasteiger partial charge < -0.3 is 4.98 Å². The van der Waals surface area contributed by atoms with Crippen LogP contribution in [0.5, 0.6) is 0 Å². The molecule has 0 radical (unpaired) electrons. The summed E-state index contributed by atoms with van der Waals surface area (Å²) in [5.74, 6) is -0.249. The molecule has 0 atom stereocenters. The number of hydrogen-bond donors (Lipinski definition) is 2. The fourth-order valence-corrected chi connectivity index (χ4v) is 2.80. The minimum absolute atomic E-state index is 0.249. The molecular formula is C14H10ClN3OS. The first-order valence-electron chi connectivity index (χ1n) is 5.89. The summed E-state index contributed by atoms with van der Waals surface area (Å²) in [7, 11) is 0. The summed E-state index contributed by atoms with van der Waals surface area (Å²) in [5.41, 5.74) is 4.00. The Morgan fingerprint density at radius 3 is 2.95 bits per heavy atom. The summed E-state index contributed by atoms with van der Waals surface area (Å²) in [6.45, 7) is 0. The second kappa shape index (κ2) is 5.48. The lowest BCUT2D eigenvalue weighted by atomic mass is 10.2. The molecule has 0 saturated carbocycles. The van der Waals surface area contributed by atoms with Crippen LogP contribution in [-0.4, -0.2) is 17.1 Å². The molecule has 1 amide bonds. The fraction of sp³-hybridized carbons (Fsp3) is 0. The van der Waals surface area contributed by atoms with Crippen LogP contribution in [-0.2, 0) is 0 Å². The van der Waals surface area contributed by atoms with E-state index >= 15 is 0 Å². The number of carbonyl (C=O) groups excluding carboxylic acids is 1. The van der Waals surface area contributed by atoms with E-state index in [0.717, 1.165) is 15.8 Å². The highest BCUT2D eigenvalue weighted by Gasteiger charge is 2.10. The number of thiophene rings is 1. The van der Waals surface area contributed by atoms with Crippen molar-refractivity contribution in [2.75, 3.05) is 0 Å². The number of benzene rings is 1. The quantitative estimate of drug-likeness (QED) is 0.563. The molecule has 2 N–H and O–H groups in total. The van der Waals surface area contributed by atoms with Crippen molar-refractivity contribution >= 4 is 46.0 Å². The summed E-state index contributed by atoms with van der Waals surface area (Å²) >= 11 is 7.21. The highest BCUT2D eigenvalue weighted by Crippen LogP contribution is 2.20. The van der Waals surface area contributed by atoms with Gasteiger partial charge in [0.2, 0.25) is 0 Å². The molecule has 0 spiro atoms. The van der Waals surface area contributed by atoms with E-state index in [1.807, 2.05) is 30.3 Å². The monoisotopic (exact) mass is 303 g/mol. The number of carbonyl (C=O) groups is 1. The van der Waals surface area contributed by atoms with Gasteiger partial charge in [-0.05, 0) is 18.2 Å². The molecule has 2 heterocycles. The molecule has 0 unspecified atom stereocenters. The molecule has 3 aromatic rings. The van der Waals surface area contributed by atoms with Crippen molar-refractivity contribution in [3.05, 3.63) is 57.4 Å². The van der Waals surface area contributed by atoms with Gasteiger partial charge in [-0.2, -0.15) is 5.10 Å². The largest absolute Gasteiger partial charge is 0.360 e. The molecule has 4 nitrogen and oxygen atoms in total. The second-order valence-electron chi connectivity index (χ2n) is 4.09. The van der Waals surface area contributed by atoms with E-state index in [4.69, 9.17) is 11.6 Å². The van der Waals surface area contributed by atoms with Gasteiger partial charge in [0.25, 0.3) is 5.91 Å². The fourth-order valence-electron chi connectivity index (χ4n) is 1.87. The number of nitrogens with zero attached hydrogens (tertiary/aromatic N) is 1. The van der Waals surface area contributed by atoms with E-state index in [1.165, 1.54) is 11.3 Å². The van der Waals surface area contributed by atoms with Crippen molar-refractivity contribution in [2.45, 2.75) is 0 Å². The zero-order valence-electron chi connectivity index (χ0n) is 10.3. The number of amides is 1. The summed E-state index contributed by atoms with van der Waals surface area (Å²) in [6, 6.07) is 11.2. The average molecular weight is 304 g/mol. The zero-order chi connectivity index (χ0) is 13.9. The van der Waals surface area contributed by atoms with Crippen LogP contribution in [0, 0.1) is 0 Å². The van der Waals surface area contributed by atoms with Gasteiger partial charge in [0, 0.05) is 22.0 Å². The molecule has 3 rings (SSSR count). The number of rotatable bonds is 3. The Morgan fingerprint density at radius 1 is 1.30 bits per heavy atom. The predicted molar refractivity (Wildman–Crippen MR) is 82.7 cm³/mol. The summed E-state index contributed by atoms with van der Waals surface area (Å²) in [6.07, 6.45) is 3.25. The number of fused-ring (bicyclic) bond motifs is 1. The van der Waals surface area contributed by atoms with Crippen LogP contribution < -0.4 is 5.43 Å². The van der Waals surface area contributed by atoms with E-state index < -0.39 is 0 Å². The third-order valence-electron chi connectivity index (χ3n) is 2.79. The molecule has 0 aliphatic rings. The van der Waals surface area contributed by atoms with Crippen LogP contribution in [0.2, 0.25) is 4.34 Å². The standard InChI is InChI=1S/C14H10ClN3OS/c15-13-6-5-9(20-13)7-17-18-14(19)11-8-16-12-4-2-1-3-10(11)12/h1-8,16H,(H,18,19)/b17-7+. The lowest BCUT2D eigenvalue weighted by Crippen LogP contribution is -2.17. The van der Waals surface area contributed by atoms with Crippen LogP contribution in [0.25, 0.3) is 10.9 Å². The van der Waals surface area contributed by atoms with Crippen LogP contribution in [0.3, 0.4) is 0 Å². The van der Waals surface area contributed by atoms with Gasteiger partial charge in [-0.1, -0.05) is 29.8 Å². The number of aromatic amines is 1. The molecule has 0 saturated heterocycles. The van der Waals surface area contributed by atoms with Crippen LogP contribution in [0.4, 0.5) is 0 Å². The van der Waals surface area contributed by atoms with Crippen LogP contribution in [0.1, 0.15) is 15.2 Å². The first kappa shape index (κ1) is 12.9. The van der Waals surface area contributed by atoms with E-state index in [2.05, 4.69) is 15.5 Å². The number of hydrogen-bond acceptors (Lipinski definition) is 3. The van der Waals surface area contributed by atoms with Crippen LogP contribution in [0.15, 0.2) is 47.7 Å². The second-order valence-corrected chi connectivity index (χ2v) is 5.84. The smallest absolute Gasteiger partial charge is 0.273 e. The Kier molecular flexibility index (Phi) is 3.54. The van der Waals surface area contributed by atoms with E-state index in [-0.39, 0.29) is 5.91 Å². The first-order valence-corrected chi connectivity index (χ1v) is 7.08. The first-order chi connectivity index (χ1) is 9.74. The van der Waals surface area contributed by atoms with Crippen molar-refractivity contribution in [3.8, 4) is 0 Å². The van der Waals surface area contributed by atoms with Crippen molar-refractivity contribution in [1.29, 1.82) is 0 Å². The zero-order valence-corrected chi connectivity index (χ0v) is 11.8.